The highest BCUT2D eigenvalue weighted by molar-refractivity contribution is 6.06. The summed E-state index contributed by atoms with van der Waals surface area (Å²) >= 11 is 0. The molecule has 0 spiro atoms. The first-order valence-corrected chi connectivity index (χ1v) is 7.04. The number of β-lactam (4-membered cyclic amide) rings is 1. The first-order chi connectivity index (χ1) is 10.7. The summed E-state index contributed by atoms with van der Waals surface area (Å²) in [5.74, 6) is 0.559. The molecule has 4 heteroatoms. The van der Waals surface area contributed by atoms with Crippen LogP contribution in [-0.2, 0) is 4.79 Å². The fourth-order valence-corrected chi connectivity index (χ4v) is 2.09. The van der Waals surface area contributed by atoms with E-state index in [4.69, 9.17) is 4.74 Å². The predicted octanol–water partition coefficient (Wildman–Crippen LogP) is 2.81. The van der Waals surface area contributed by atoms with E-state index in [9.17, 15) is 9.59 Å². The molecule has 1 amide bonds. The summed E-state index contributed by atoms with van der Waals surface area (Å²) in [4.78, 5) is 22.9. The average molecular weight is 293 g/mol. The number of ether oxygens (including phenoxy) is 1. The van der Waals surface area contributed by atoms with Crippen molar-refractivity contribution in [2.24, 2.45) is 0 Å². The van der Waals surface area contributed by atoms with Gasteiger partial charge in [-0.1, -0.05) is 36.4 Å². The van der Waals surface area contributed by atoms with Gasteiger partial charge in [0.2, 0.25) is 5.91 Å². The van der Waals surface area contributed by atoms with E-state index in [-0.39, 0.29) is 17.9 Å². The number of carbonyl (C=O) groups is 2. The number of rotatable bonds is 5. The van der Waals surface area contributed by atoms with Crippen LogP contribution in [0.1, 0.15) is 22.3 Å². The first kappa shape index (κ1) is 14.1. The van der Waals surface area contributed by atoms with Crippen molar-refractivity contribution in [3.8, 4) is 5.75 Å². The molecule has 0 saturated carbocycles. The van der Waals surface area contributed by atoms with Gasteiger partial charge in [-0.2, -0.15) is 0 Å². The Labute approximate surface area is 128 Å². The van der Waals surface area contributed by atoms with Crippen LogP contribution in [0.2, 0.25) is 0 Å². The molecule has 1 heterocycles. The van der Waals surface area contributed by atoms with Crippen LogP contribution in [0.25, 0.3) is 6.08 Å². The van der Waals surface area contributed by atoms with Gasteiger partial charge in [-0.15, -0.1) is 0 Å². The van der Waals surface area contributed by atoms with Crippen LogP contribution in [0.4, 0.5) is 0 Å². The molecule has 1 unspecified atom stereocenters. The Balaban J connectivity index is 1.61. The Hall–Kier alpha value is -2.88. The van der Waals surface area contributed by atoms with Crippen LogP contribution in [0.15, 0.2) is 60.7 Å². The lowest BCUT2D eigenvalue weighted by molar-refractivity contribution is -0.134. The zero-order valence-electron chi connectivity index (χ0n) is 11.9. The van der Waals surface area contributed by atoms with Crippen molar-refractivity contribution in [2.45, 2.75) is 12.6 Å². The van der Waals surface area contributed by atoms with Crippen LogP contribution in [0, 0.1) is 0 Å². The van der Waals surface area contributed by atoms with E-state index in [1.54, 1.807) is 36.4 Å². The molecule has 110 valence electrons. The van der Waals surface area contributed by atoms with Crippen molar-refractivity contribution in [1.29, 1.82) is 0 Å². The number of hydrogen-bond donors (Lipinski definition) is 1. The summed E-state index contributed by atoms with van der Waals surface area (Å²) in [7, 11) is 0. The Morgan fingerprint density at radius 1 is 1.09 bits per heavy atom. The lowest BCUT2D eigenvalue weighted by Crippen LogP contribution is -2.51. The monoisotopic (exact) mass is 293 g/mol. The van der Waals surface area contributed by atoms with E-state index >= 15 is 0 Å². The molecular weight excluding hydrogens is 278 g/mol. The number of hydrogen-bond acceptors (Lipinski definition) is 3. The maximum Gasteiger partial charge on any atom is 0.228 e. The second-order valence-electron chi connectivity index (χ2n) is 5.01. The van der Waals surface area contributed by atoms with Gasteiger partial charge in [-0.3, -0.25) is 9.59 Å². The fraction of sp³-hybridized carbons (Fsp3) is 0.111. The standard InChI is InChI=1S/C18H15NO3/c20-16(11-6-13-4-2-1-3-5-13)14-7-9-15(10-8-14)22-18-12-17(21)19-18/h1-11,18H,12H2,(H,19,21)/b11-6+. The van der Waals surface area contributed by atoms with E-state index in [2.05, 4.69) is 5.32 Å². The van der Waals surface area contributed by atoms with Crippen molar-refractivity contribution in [2.75, 3.05) is 0 Å². The molecule has 2 aromatic carbocycles. The summed E-state index contributed by atoms with van der Waals surface area (Å²) in [6, 6.07) is 16.6. The summed E-state index contributed by atoms with van der Waals surface area (Å²) in [5, 5.41) is 2.63. The molecule has 1 fully saturated rings. The normalized spacial score (nSPS) is 16.9. The zero-order chi connectivity index (χ0) is 15.4. The van der Waals surface area contributed by atoms with Gasteiger partial charge in [0.25, 0.3) is 0 Å². The summed E-state index contributed by atoms with van der Waals surface area (Å²) in [6.45, 7) is 0. The van der Waals surface area contributed by atoms with Crippen molar-refractivity contribution >= 4 is 17.8 Å². The van der Waals surface area contributed by atoms with E-state index < -0.39 is 0 Å². The highest BCUT2D eigenvalue weighted by Crippen LogP contribution is 2.17. The molecule has 1 aliphatic heterocycles. The minimum atomic E-state index is -0.257. The van der Waals surface area contributed by atoms with E-state index in [0.717, 1.165) is 5.56 Å². The van der Waals surface area contributed by atoms with E-state index in [1.807, 2.05) is 30.3 Å². The molecule has 0 aliphatic carbocycles. The quantitative estimate of drug-likeness (QED) is 0.524. The van der Waals surface area contributed by atoms with E-state index in [0.29, 0.717) is 17.7 Å². The predicted molar refractivity (Wildman–Crippen MR) is 83.4 cm³/mol. The van der Waals surface area contributed by atoms with Gasteiger partial charge in [0.1, 0.15) is 5.75 Å². The van der Waals surface area contributed by atoms with Crippen LogP contribution >= 0.6 is 0 Å². The molecule has 22 heavy (non-hydrogen) atoms. The molecule has 0 bridgehead atoms. The fourth-order valence-electron chi connectivity index (χ4n) is 2.09. The third kappa shape index (κ3) is 3.41. The lowest BCUT2D eigenvalue weighted by atomic mass is 10.1. The smallest absolute Gasteiger partial charge is 0.228 e. The van der Waals surface area contributed by atoms with Gasteiger partial charge in [0, 0.05) is 5.56 Å². The number of benzene rings is 2. The highest BCUT2D eigenvalue weighted by Gasteiger charge is 2.26. The maximum absolute atomic E-state index is 12.1. The first-order valence-electron chi connectivity index (χ1n) is 7.04. The largest absolute Gasteiger partial charge is 0.470 e. The second-order valence-corrected chi connectivity index (χ2v) is 5.01. The van der Waals surface area contributed by atoms with Crippen molar-refractivity contribution < 1.29 is 14.3 Å². The van der Waals surface area contributed by atoms with Crippen molar-refractivity contribution in [1.82, 2.24) is 5.32 Å². The summed E-state index contributed by atoms with van der Waals surface area (Å²) in [6.07, 6.45) is 3.46. The molecule has 1 saturated heterocycles. The Morgan fingerprint density at radius 2 is 1.77 bits per heavy atom. The van der Waals surface area contributed by atoms with Crippen molar-refractivity contribution in [3.05, 3.63) is 71.8 Å². The Kier molecular flexibility index (Phi) is 4.01. The Morgan fingerprint density at radius 3 is 2.41 bits per heavy atom. The Bertz CT molecular complexity index is 697. The van der Waals surface area contributed by atoms with Crippen LogP contribution in [-0.4, -0.2) is 17.9 Å². The number of amides is 1. The van der Waals surface area contributed by atoms with Gasteiger partial charge in [0.05, 0.1) is 6.42 Å². The molecule has 1 atom stereocenters. The zero-order valence-corrected chi connectivity index (χ0v) is 11.9. The van der Waals surface area contributed by atoms with Gasteiger partial charge in [0.15, 0.2) is 12.0 Å². The molecule has 0 aromatic heterocycles. The average Bonchev–Trinajstić information content (AvgIpc) is 2.53. The maximum atomic E-state index is 12.1. The highest BCUT2D eigenvalue weighted by atomic mass is 16.5. The van der Waals surface area contributed by atoms with Gasteiger partial charge in [-0.05, 0) is 35.9 Å². The van der Waals surface area contributed by atoms with Crippen LogP contribution < -0.4 is 10.1 Å². The molecule has 1 aliphatic rings. The third-order valence-electron chi connectivity index (χ3n) is 3.34. The SMILES string of the molecule is O=C1CC(Oc2ccc(C(=O)/C=C/c3ccccc3)cc2)N1. The van der Waals surface area contributed by atoms with Crippen LogP contribution in [0.3, 0.4) is 0 Å². The van der Waals surface area contributed by atoms with Gasteiger partial charge in [-0.25, -0.2) is 0 Å². The number of allylic oxidation sites excluding steroid dienone is 1. The lowest BCUT2D eigenvalue weighted by Gasteiger charge is -2.27. The van der Waals surface area contributed by atoms with Gasteiger partial charge < -0.3 is 10.1 Å². The number of ketones is 1. The molecule has 0 radical (unpaired) electrons. The molecule has 4 nitrogen and oxygen atoms in total. The minimum Gasteiger partial charge on any atom is -0.470 e. The minimum absolute atomic E-state index is 0.0113. The molecular formula is C18H15NO3. The number of nitrogens with one attached hydrogen (secondary N) is 1. The summed E-state index contributed by atoms with van der Waals surface area (Å²) < 4.78 is 5.52. The molecule has 3 rings (SSSR count). The number of carbonyl (C=O) groups excluding carboxylic acids is 2. The molecule has 1 N–H and O–H groups in total. The summed E-state index contributed by atoms with van der Waals surface area (Å²) in [5.41, 5.74) is 1.58. The third-order valence-corrected chi connectivity index (χ3v) is 3.34. The van der Waals surface area contributed by atoms with Crippen molar-refractivity contribution in [3.63, 3.8) is 0 Å². The molecule has 2 aromatic rings. The topological polar surface area (TPSA) is 55.4 Å². The van der Waals surface area contributed by atoms with Gasteiger partial charge >= 0.3 is 0 Å². The van der Waals surface area contributed by atoms with E-state index in [1.165, 1.54) is 0 Å². The second kappa shape index (κ2) is 6.26. The van der Waals surface area contributed by atoms with Crippen LogP contribution in [0.5, 0.6) is 5.75 Å².